The van der Waals surface area contributed by atoms with E-state index in [1.807, 2.05) is 7.05 Å². The molecule has 4 nitrogen and oxygen atoms in total. The quantitative estimate of drug-likeness (QED) is 0.868. The summed E-state index contributed by atoms with van der Waals surface area (Å²) in [6, 6.07) is 0.791. The summed E-state index contributed by atoms with van der Waals surface area (Å²) in [5, 5.41) is 8.09. The van der Waals surface area contributed by atoms with E-state index in [2.05, 4.69) is 30.8 Å². The lowest BCUT2D eigenvalue weighted by atomic mass is 10.0. The third kappa shape index (κ3) is 2.24. The molecule has 4 heteroatoms. The van der Waals surface area contributed by atoms with Crippen LogP contribution >= 0.6 is 0 Å². The zero-order valence-corrected chi connectivity index (χ0v) is 11.3. The first-order valence-electron chi connectivity index (χ1n) is 6.48. The second-order valence-electron chi connectivity index (χ2n) is 4.77. The van der Waals surface area contributed by atoms with Crippen LogP contribution in [0.2, 0.25) is 0 Å². The molecule has 1 N–H and O–H groups in total. The molecule has 1 saturated heterocycles. The fourth-order valence-corrected chi connectivity index (χ4v) is 2.83. The highest BCUT2D eigenvalue weighted by Crippen LogP contribution is 2.24. The molecular formula is C13H23N3O. The van der Waals surface area contributed by atoms with E-state index in [9.17, 15) is 0 Å². The van der Waals surface area contributed by atoms with Crippen molar-refractivity contribution in [3.8, 4) is 0 Å². The molecule has 0 saturated carbocycles. The zero-order valence-electron chi connectivity index (χ0n) is 11.3. The smallest absolute Gasteiger partial charge is 0.0909 e. The largest absolute Gasteiger partial charge is 0.379 e. The molecule has 2 rings (SSSR count). The van der Waals surface area contributed by atoms with Crippen LogP contribution in [0.15, 0.2) is 0 Å². The van der Waals surface area contributed by atoms with Crippen LogP contribution in [0, 0.1) is 13.8 Å². The average molecular weight is 237 g/mol. The lowest BCUT2D eigenvalue weighted by Gasteiger charge is -2.32. The molecule has 0 aliphatic carbocycles. The van der Waals surface area contributed by atoms with E-state index in [0.717, 1.165) is 31.7 Å². The number of aromatic nitrogens is 2. The van der Waals surface area contributed by atoms with E-state index >= 15 is 0 Å². The van der Waals surface area contributed by atoms with Gasteiger partial charge in [0.05, 0.1) is 18.3 Å². The summed E-state index contributed by atoms with van der Waals surface area (Å²) in [6.07, 6.45) is 2.11. The zero-order chi connectivity index (χ0) is 12.4. The number of nitrogens with zero attached hydrogens (tertiary/aromatic N) is 2. The number of aryl methyl sites for hydroxylation is 1. The number of ether oxygens (including phenoxy) is 1. The number of rotatable bonds is 3. The average Bonchev–Trinajstić information content (AvgIpc) is 2.64. The lowest BCUT2D eigenvalue weighted by Crippen LogP contribution is -2.43. The van der Waals surface area contributed by atoms with Gasteiger partial charge in [-0.05, 0) is 39.3 Å². The van der Waals surface area contributed by atoms with Gasteiger partial charge in [0.25, 0.3) is 0 Å². The molecule has 2 unspecified atom stereocenters. The van der Waals surface area contributed by atoms with Crippen molar-refractivity contribution in [1.29, 1.82) is 0 Å². The molecule has 0 bridgehead atoms. The summed E-state index contributed by atoms with van der Waals surface area (Å²) in [7, 11) is 2.02. The topological polar surface area (TPSA) is 39.1 Å². The Morgan fingerprint density at radius 2 is 2.24 bits per heavy atom. The van der Waals surface area contributed by atoms with Gasteiger partial charge in [-0.15, -0.1) is 0 Å². The highest BCUT2D eigenvalue weighted by molar-refractivity contribution is 5.25. The third-order valence-corrected chi connectivity index (χ3v) is 3.84. The normalized spacial score (nSPS) is 25.2. The van der Waals surface area contributed by atoms with Crippen molar-refractivity contribution >= 4 is 0 Å². The van der Waals surface area contributed by atoms with Gasteiger partial charge in [-0.2, -0.15) is 5.10 Å². The Morgan fingerprint density at radius 1 is 1.47 bits per heavy atom. The summed E-state index contributed by atoms with van der Waals surface area (Å²) in [5.74, 6) is 0. The first-order chi connectivity index (χ1) is 8.19. The van der Waals surface area contributed by atoms with Crippen LogP contribution in [0.1, 0.15) is 36.3 Å². The maximum Gasteiger partial charge on any atom is 0.0909 e. The Labute approximate surface area is 103 Å². The van der Waals surface area contributed by atoms with Crippen LogP contribution in [0.4, 0.5) is 0 Å². The van der Waals surface area contributed by atoms with Gasteiger partial charge in [0, 0.05) is 18.3 Å². The van der Waals surface area contributed by atoms with Gasteiger partial charge in [0.1, 0.15) is 0 Å². The summed E-state index contributed by atoms with van der Waals surface area (Å²) in [5.41, 5.74) is 3.83. The third-order valence-electron chi connectivity index (χ3n) is 3.84. The molecule has 1 fully saturated rings. The Bertz CT molecular complexity index is 386. The minimum Gasteiger partial charge on any atom is -0.379 e. The van der Waals surface area contributed by atoms with Crippen molar-refractivity contribution in [2.75, 3.05) is 20.3 Å². The van der Waals surface area contributed by atoms with Crippen LogP contribution in [0.25, 0.3) is 0 Å². The van der Waals surface area contributed by atoms with Crippen LogP contribution in [0.3, 0.4) is 0 Å². The second kappa shape index (κ2) is 5.19. The number of likely N-dealkylation sites (N-methyl/N-ethyl adjacent to an activating group) is 1. The predicted octanol–water partition coefficient (Wildman–Crippen LogP) is 1.61. The van der Waals surface area contributed by atoms with Gasteiger partial charge in [-0.25, -0.2) is 0 Å². The van der Waals surface area contributed by atoms with E-state index in [4.69, 9.17) is 9.84 Å². The van der Waals surface area contributed by atoms with Crippen molar-refractivity contribution in [1.82, 2.24) is 15.1 Å². The van der Waals surface area contributed by atoms with Gasteiger partial charge in [0.15, 0.2) is 0 Å². The molecule has 0 aromatic carbocycles. The number of hydrogen-bond donors (Lipinski definition) is 1. The lowest BCUT2D eigenvalue weighted by molar-refractivity contribution is 0.0338. The maximum atomic E-state index is 5.61. The Balaban J connectivity index is 2.31. The molecule has 0 radical (unpaired) electrons. The van der Waals surface area contributed by atoms with Crippen LogP contribution in [-0.2, 0) is 11.2 Å². The molecule has 2 heterocycles. The number of nitrogens with one attached hydrogen (secondary N) is 1. The molecule has 0 spiro atoms. The second-order valence-corrected chi connectivity index (χ2v) is 4.77. The Morgan fingerprint density at radius 3 is 2.82 bits per heavy atom. The fraction of sp³-hybridized carbons (Fsp3) is 0.769. The fourth-order valence-electron chi connectivity index (χ4n) is 2.83. The van der Waals surface area contributed by atoms with Gasteiger partial charge >= 0.3 is 0 Å². The first-order valence-corrected chi connectivity index (χ1v) is 6.48. The summed E-state index contributed by atoms with van der Waals surface area (Å²) in [4.78, 5) is 0. The van der Waals surface area contributed by atoms with Crippen molar-refractivity contribution < 1.29 is 4.74 Å². The first kappa shape index (κ1) is 12.6. The summed E-state index contributed by atoms with van der Waals surface area (Å²) < 4.78 is 7.77. The van der Waals surface area contributed by atoms with E-state index in [-0.39, 0.29) is 0 Å². The van der Waals surface area contributed by atoms with Gasteiger partial charge in [-0.3, -0.25) is 4.68 Å². The molecule has 1 aliphatic heterocycles. The van der Waals surface area contributed by atoms with E-state index in [0.29, 0.717) is 12.1 Å². The van der Waals surface area contributed by atoms with Crippen molar-refractivity contribution in [3.05, 3.63) is 17.0 Å². The monoisotopic (exact) mass is 237 g/mol. The predicted molar refractivity (Wildman–Crippen MR) is 68.4 cm³/mol. The van der Waals surface area contributed by atoms with Crippen LogP contribution in [-0.4, -0.2) is 36.1 Å². The van der Waals surface area contributed by atoms with E-state index < -0.39 is 0 Å². The van der Waals surface area contributed by atoms with Crippen LogP contribution in [0.5, 0.6) is 0 Å². The molecule has 1 aliphatic rings. The van der Waals surface area contributed by atoms with Gasteiger partial charge in [-0.1, -0.05) is 6.92 Å². The Hall–Kier alpha value is -0.870. The molecule has 1 aromatic heterocycles. The molecule has 17 heavy (non-hydrogen) atoms. The Kier molecular flexibility index (Phi) is 3.84. The molecule has 96 valence electrons. The molecular weight excluding hydrogens is 214 g/mol. The maximum absolute atomic E-state index is 5.61. The standard InChI is InChI=1S/C13H23N3O/c1-5-11-9(2)15-16(10(11)3)13-8-17-7-6-12(13)14-4/h12-14H,5-8H2,1-4H3. The number of hydrogen-bond acceptors (Lipinski definition) is 3. The summed E-state index contributed by atoms with van der Waals surface area (Å²) in [6.45, 7) is 8.06. The van der Waals surface area contributed by atoms with Gasteiger partial charge in [0.2, 0.25) is 0 Å². The van der Waals surface area contributed by atoms with Gasteiger partial charge < -0.3 is 10.1 Å². The van der Waals surface area contributed by atoms with Crippen molar-refractivity contribution in [2.24, 2.45) is 0 Å². The van der Waals surface area contributed by atoms with Crippen molar-refractivity contribution in [2.45, 2.75) is 45.7 Å². The summed E-state index contributed by atoms with van der Waals surface area (Å²) >= 11 is 0. The molecule has 1 aromatic rings. The minimum absolute atomic E-state index is 0.327. The van der Waals surface area contributed by atoms with Crippen LogP contribution < -0.4 is 5.32 Å². The minimum atomic E-state index is 0.327. The molecule has 2 atom stereocenters. The highest BCUT2D eigenvalue weighted by Gasteiger charge is 2.28. The van der Waals surface area contributed by atoms with Crippen molar-refractivity contribution in [3.63, 3.8) is 0 Å². The van der Waals surface area contributed by atoms with E-state index in [1.54, 1.807) is 0 Å². The highest BCUT2D eigenvalue weighted by atomic mass is 16.5. The SMILES string of the molecule is CCc1c(C)nn(C2COCCC2NC)c1C. The molecule has 0 amide bonds. The van der Waals surface area contributed by atoms with E-state index in [1.165, 1.54) is 11.3 Å².